The Bertz CT molecular complexity index is 456. The molecule has 18 heavy (non-hydrogen) atoms. The Balaban J connectivity index is 2.04. The molecule has 0 aliphatic carbocycles. The van der Waals surface area contributed by atoms with Crippen LogP contribution in [0.4, 0.5) is 10.5 Å². The highest BCUT2D eigenvalue weighted by Gasteiger charge is 2.27. The van der Waals surface area contributed by atoms with E-state index in [0.29, 0.717) is 17.3 Å². The van der Waals surface area contributed by atoms with Crippen LogP contribution in [0.5, 0.6) is 0 Å². The molecule has 1 fully saturated rings. The molecule has 1 saturated heterocycles. The molecule has 0 saturated carbocycles. The zero-order chi connectivity index (χ0) is 13.1. The zero-order valence-electron chi connectivity index (χ0n) is 9.70. The van der Waals surface area contributed by atoms with Crippen LogP contribution in [0.1, 0.15) is 12.8 Å². The number of carbonyl (C=O) groups is 1. The van der Waals surface area contributed by atoms with E-state index < -0.39 is 0 Å². The van der Waals surface area contributed by atoms with Gasteiger partial charge in [0.25, 0.3) is 0 Å². The van der Waals surface area contributed by atoms with E-state index in [1.165, 1.54) is 0 Å². The molecule has 1 aromatic carbocycles. The number of rotatable bonds is 2. The van der Waals surface area contributed by atoms with Crippen molar-refractivity contribution in [3.63, 3.8) is 0 Å². The number of hydrogen-bond acceptors (Lipinski definition) is 2. The van der Waals surface area contributed by atoms with Gasteiger partial charge in [-0.25, -0.2) is 4.79 Å². The zero-order valence-corrected chi connectivity index (χ0v) is 12.0. The average molecular weight is 334 g/mol. The summed E-state index contributed by atoms with van der Waals surface area (Å²) in [5, 5.41) is 12.6. The van der Waals surface area contributed by atoms with Crippen LogP contribution in [-0.4, -0.2) is 35.2 Å². The first-order valence-corrected chi connectivity index (χ1v) is 6.92. The molecule has 1 aliphatic rings. The molecule has 0 spiro atoms. The normalized spacial score (nSPS) is 19.1. The lowest BCUT2D eigenvalue weighted by Gasteiger charge is -2.23. The van der Waals surface area contributed by atoms with Gasteiger partial charge in [-0.15, -0.1) is 0 Å². The van der Waals surface area contributed by atoms with Gasteiger partial charge in [-0.2, -0.15) is 0 Å². The maximum Gasteiger partial charge on any atom is 0.322 e. The topological polar surface area (TPSA) is 52.6 Å². The van der Waals surface area contributed by atoms with Crippen molar-refractivity contribution in [3.05, 3.63) is 27.7 Å². The van der Waals surface area contributed by atoms with Crippen molar-refractivity contribution < 1.29 is 9.90 Å². The van der Waals surface area contributed by atoms with E-state index in [1.54, 1.807) is 23.1 Å². The molecule has 1 heterocycles. The Morgan fingerprint density at radius 3 is 3.06 bits per heavy atom. The summed E-state index contributed by atoms with van der Waals surface area (Å²) in [7, 11) is 0. The molecular weight excluding hydrogens is 320 g/mol. The second kappa shape index (κ2) is 5.91. The molecule has 0 bridgehead atoms. The fourth-order valence-electron chi connectivity index (χ4n) is 2.06. The molecular formula is C12H14BrClN2O2. The smallest absolute Gasteiger partial charge is 0.322 e. The highest BCUT2D eigenvalue weighted by Crippen LogP contribution is 2.26. The molecule has 1 atom stereocenters. The van der Waals surface area contributed by atoms with Gasteiger partial charge in [0, 0.05) is 16.7 Å². The van der Waals surface area contributed by atoms with Gasteiger partial charge in [0.15, 0.2) is 0 Å². The van der Waals surface area contributed by atoms with E-state index in [2.05, 4.69) is 21.2 Å². The van der Waals surface area contributed by atoms with Crippen LogP contribution in [0.2, 0.25) is 5.02 Å². The van der Waals surface area contributed by atoms with Crippen molar-refractivity contribution in [2.75, 3.05) is 18.5 Å². The number of aliphatic hydroxyl groups is 1. The predicted molar refractivity (Wildman–Crippen MR) is 75.0 cm³/mol. The first-order chi connectivity index (χ1) is 8.61. The van der Waals surface area contributed by atoms with Crippen molar-refractivity contribution in [1.82, 2.24) is 4.90 Å². The van der Waals surface area contributed by atoms with Crippen LogP contribution in [0, 0.1) is 0 Å². The summed E-state index contributed by atoms with van der Waals surface area (Å²) in [4.78, 5) is 13.7. The molecule has 0 unspecified atom stereocenters. The Labute approximate surface area is 119 Å². The van der Waals surface area contributed by atoms with E-state index in [4.69, 9.17) is 11.6 Å². The summed E-state index contributed by atoms with van der Waals surface area (Å²) in [6.07, 6.45) is 1.79. The first-order valence-electron chi connectivity index (χ1n) is 5.75. The summed E-state index contributed by atoms with van der Waals surface area (Å²) >= 11 is 9.20. The Hall–Kier alpha value is -0.780. The van der Waals surface area contributed by atoms with Gasteiger partial charge in [0.05, 0.1) is 17.7 Å². The Kier molecular flexibility index (Phi) is 4.48. The standard InChI is InChI=1S/C12H14BrClN2O2/c13-10-6-8(3-4-11(10)14)15-12(18)16-5-1-2-9(16)7-17/h3-4,6,9,17H,1-2,5,7H2,(H,15,18)/t9-/m1/s1. The minimum atomic E-state index is -0.180. The van der Waals surface area contributed by atoms with E-state index in [1.807, 2.05) is 0 Å². The lowest BCUT2D eigenvalue weighted by Crippen LogP contribution is -2.40. The minimum Gasteiger partial charge on any atom is -0.394 e. The van der Waals surface area contributed by atoms with Gasteiger partial charge in [-0.3, -0.25) is 0 Å². The minimum absolute atomic E-state index is 0.0116. The van der Waals surface area contributed by atoms with Crippen LogP contribution < -0.4 is 5.32 Å². The average Bonchev–Trinajstić information content (AvgIpc) is 2.82. The van der Waals surface area contributed by atoms with Crippen molar-refractivity contribution >= 4 is 39.2 Å². The van der Waals surface area contributed by atoms with Gasteiger partial charge in [-0.1, -0.05) is 11.6 Å². The number of amides is 2. The van der Waals surface area contributed by atoms with Crippen molar-refractivity contribution in [1.29, 1.82) is 0 Å². The number of halogens is 2. The molecule has 6 heteroatoms. The predicted octanol–water partition coefficient (Wildman–Crippen LogP) is 3.09. The number of nitrogens with one attached hydrogen (secondary N) is 1. The third-order valence-corrected chi connectivity index (χ3v) is 4.23. The van der Waals surface area contributed by atoms with Crippen LogP contribution >= 0.6 is 27.5 Å². The van der Waals surface area contributed by atoms with Crippen LogP contribution in [0.3, 0.4) is 0 Å². The summed E-state index contributed by atoms with van der Waals surface area (Å²) in [5.74, 6) is 0. The number of nitrogens with zero attached hydrogens (tertiary/aromatic N) is 1. The molecule has 98 valence electrons. The maximum atomic E-state index is 12.0. The first kappa shape index (κ1) is 13.6. The monoisotopic (exact) mass is 332 g/mol. The third-order valence-electron chi connectivity index (χ3n) is 3.02. The van der Waals surface area contributed by atoms with E-state index in [0.717, 1.165) is 17.3 Å². The van der Waals surface area contributed by atoms with E-state index in [-0.39, 0.29) is 18.7 Å². The van der Waals surface area contributed by atoms with Crippen molar-refractivity contribution in [2.45, 2.75) is 18.9 Å². The number of likely N-dealkylation sites (tertiary alicyclic amines) is 1. The second-order valence-corrected chi connectivity index (χ2v) is 5.49. The molecule has 1 aliphatic heterocycles. The van der Waals surface area contributed by atoms with Gasteiger partial charge in [0.1, 0.15) is 0 Å². The molecule has 2 N–H and O–H groups in total. The third kappa shape index (κ3) is 2.96. The van der Waals surface area contributed by atoms with E-state index >= 15 is 0 Å². The number of anilines is 1. The maximum absolute atomic E-state index is 12.0. The number of hydrogen-bond donors (Lipinski definition) is 2. The quantitative estimate of drug-likeness (QED) is 0.874. The van der Waals surface area contributed by atoms with Gasteiger partial charge in [-0.05, 0) is 47.0 Å². The highest BCUT2D eigenvalue weighted by atomic mass is 79.9. The molecule has 4 nitrogen and oxygen atoms in total. The largest absolute Gasteiger partial charge is 0.394 e. The van der Waals surface area contributed by atoms with Crippen LogP contribution in [0.15, 0.2) is 22.7 Å². The Morgan fingerprint density at radius 2 is 2.39 bits per heavy atom. The SMILES string of the molecule is O=C(Nc1ccc(Cl)c(Br)c1)N1CCC[C@@H]1CO. The van der Waals surface area contributed by atoms with E-state index in [9.17, 15) is 9.90 Å². The number of aliphatic hydroxyl groups excluding tert-OH is 1. The molecule has 0 radical (unpaired) electrons. The Morgan fingerprint density at radius 1 is 1.61 bits per heavy atom. The second-order valence-electron chi connectivity index (χ2n) is 4.23. The lowest BCUT2D eigenvalue weighted by atomic mass is 10.2. The van der Waals surface area contributed by atoms with Gasteiger partial charge < -0.3 is 15.3 Å². The van der Waals surface area contributed by atoms with Gasteiger partial charge >= 0.3 is 6.03 Å². The van der Waals surface area contributed by atoms with Crippen molar-refractivity contribution in [2.24, 2.45) is 0 Å². The van der Waals surface area contributed by atoms with Gasteiger partial charge in [0.2, 0.25) is 0 Å². The summed E-state index contributed by atoms with van der Waals surface area (Å²) < 4.78 is 0.738. The van der Waals surface area contributed by atoms with Crippen molar-refractivity contribution in [3.8, 4) is 0 Å². The van der Waals surface area contributed by atoms with Crippen LogP contribution in [0.25, 0.3) is 0 Å². The number of urea groups is 1. The fraction of sp³-hybridized carbons (Fsp3) is 0.417. The summed E-state index contributed by atoms with van der Waals surface area (Å²) in [6.45, 7) is 0.698. The molecule has 2 amide bonds. The lowest BCUT2D eigenvalue weighted by molar-refractivity contribution is 0.166. The fourth-order valence-corrected chi connectivity index (χ4v) is 2.56. The number of benzene rings is 1. The molecule has 1 aromatic rings. The highest BCUT2D eigenvalue weighted by molar-refractivity contribution is 9.10. The molecule has 2 rings (SSSR count). The number of carbonyl (C=O) groups excluding carboxylic acids is 1. The summed E-state index contributed by atoms with van der Waals surface area (Å²) in [5.41, 5.74) is 0.680. The summed E-state index contributed by atoms with van der Waals surface area (Å²) in [6, 6.07) is 4.97. The molecule has 0 aromatic heterocycles. The van der Waals surface area contributed by atoms with Crippen LogP contribution in [-0.2, 0) is 0 Å².